The largest absolute Gasteiger partial charge is 0.430 e. The highest BCUT2D eigenvalue weighted by Gasteiger charge is 2.31. The first kappa shape index (κ1) is 13.8. The van der Waals surface area contributed by atoms with Crippen molar-refractivity contribution >= 4 is 11.4 Å². The molecule has 94 valence electrons. The van der Waals surface area contributed by atoms with Crippen LogP contribution in [0.4, 0.5) is 18.9 Å². The van der Waals surface area contributed by atoms with Gasteiger partial charge in [-0.15, -0.1) is 0 Å². The number of aliphatic imine (C=N–C) groups is 1. The van der Waals surface area contributed by atoms with Crippen LogP contribution in [-0.2, 0) is 0 Å². The maximum absolute atomic E-state index is 12.2. The molecule has 0 bridgehead atoms. The molecule has 0 aliphatic heterocycles. The van der Waals surface area contributed by atoms with Gasteiger partial charge in [0.1, 0.15) is 5.70 Å². The van der Waals surface area contributed by atoms with Crippen LogP contribution in [0.3, 0.4) is 0 Å². The average molecular weight is 253 g/mol. The number of alkyl halides is 3. The minimum Gasteiger partial charge on any atom is -0.395 e. The number of nitrogens with two attached hydrogens (primary N) is 1. The minimum atomic E-state index is -4.56. The standard InChI is InChI=1S/C12H10F3N3/c1-8(5-11(17)12(13,14)15)18-10-4-2-3-9(6-10)7-16/h2-6H,17H2,1H3. The van der Waals surface area contributed by atoms with Gasteiger partial charge in [-0.05, 0) is 31.2 Å². The molecule has 0 fully saturated rings. The summed E-state index contributed by atoms with van der Waals surface area (Å²) >= 11 is 0. The summed E-state index contributed by atoms with van der Waals surface area (Å²) in [6, 6.07) is 8.15. The molecule has 0 amide bonds. The number of allylic oxidation sites excluding steroid dienone is 2. The monoisotopic (exact) mass is 253 g/mol. The van der Waals surface area contributed by atoms with Crippen molar-refractivity contribution < 1.29 is 13.2 Å². The van der Waals surface area contributed by atoms with Crippen LogP contribution in [0, 0.1) is 11.3 Å². The minimum absolute atomic E-state index is 0.111. The molecular formula is C12H10F3N3. The van der Waals surface area contributed by atoms with Crippen molar-refractivity contribution in [2.75, 3.05) is 0 Å². The summed E-state index contributed by atoms with van der Waals surface area (Å²) in [7, 11) is 0. The van der Waals surface area contributed by atoms with Gasteiger partial charge in [-0.25, -0.2) is 0 Å². The van der Waals surface area contributed by atoms with E-state index >= 15 is 0 Å². The Labute approximate surface area is 102 Å². The third-order valence-electron chi connectivity index (χ3n) is 1.97. The highest BCUT2D eigenvalue weighted by molar-refractivity contribution is 5.95. The second-order valence-electron chi connectivity index (χ2n) is 3.51. The summed E-state index contributed by atoms with van der Waals surface area (Å²) in [4.78, 5) is 3.93. The Balaban J connectivity index is 3.00. The normalized spacial score (nSPS) is 13.3. The molecule has 0 radical (unpaired) electrons. The molecule has 0 aliphatic rings. The fourth-order valence-corrected chi connectivity index (χ4v) is 1.19. The number of hydrogen-bond acceptors (Lipinski definition) is 3. The quantitative estimate of drug-likeness (QED) is 0.823. The molecule has 3 nitrogen and oxygen atoms in total. The number of halogens is 3. The van der Waals surface area contributed by atoms with Crippen LogP contribution >= 0.6 is 0 Å². The first-order chi connectivity index (χ1) is 8.32. The van der Waals surface area contributed by atoms with Crippen molar-refractivity contribution in [3.8, 4) is 6.07 Å². The Hall–Kier alpha value is -2.29. The lowest BCUT2D eigenvalue weighted by Gasteiger charge is -2.05. The molecule has 0 aromatic heterocycles. The first-order valence-corrected chi connectivity index (χ1v) is 4.93. The Morgan fingerprint density at radius 1 is 1.44 bits per heavy atom. The van der Waals surface area contributed by atoms with Crippen LogP contribution in [0.15, 0.2) is 41.0 Å². The Bertz CT molecular complexity index is 536. The molecule has 0 atom stereocenters. The van der Waals surface area contributed by atoms with E-state index in [1.165, 1.54) is 13.0 Å². The molecule has 0 heterocycles. The number of rotatable bonds is 2. The van der Waals surface area contributed by atoms with Gasteiger partial charge in [0.05, 0.1) is 17.3 Å². The number of nitrogens with zero attached hydrogens (tertiary/aromatic N) is 2. The maximum atomic E-state index is 12.2. The lowest BCUT2D eigenvalue weighted by Crippen LogP contribution is -2.20. The number of benzene rings is 1. The van der Waals surface area contributed by atoms with Crippen LogP contribution in [0.1, 0.15) is 12.5 Å². The van der Waals surface area contributed by atoms with Crippen molar-refractivity contribution in [2.45, 2.75) is 13.1 Å². The van der Waals surface area contributed by atoms with Crippen LogP contribution < -0.4 is 5.73 Å². The molecule has 0 saturated heterocycles. The summed E-state index contributed by atoms with van der Waals surface area (Å²) in [5.41, 5.74) is 4.55. The van der Waals surface area contributed by atoms with Gasteiger partial charge in [-0.2, -0.15) is 18.4 Å². The summed E-state index contributed by atoms with van der Waals surface area (Å²) in [5, 5.41) is 8.67. The average Bonchev–Trinajstić information content (AvgIpc) is 2.27. The van der Waals surface area contributed by atoms with Crippen molar-refractivity contribution in [3.63, 3.8) is 0 Å². The second kappa shape index (κ2) is 5.36. The Morgan fingerprint density at radius 2 is 2.11 bits per heavy atom. The highest BCUT2D eigenvalue weighted by Crippen LogP contribution is 2.21. The number of nitriles is 1. The SMILES string of the molecule is CC(C=C(N)C(F)(F)F)=Nc1cccc(C#N)c1. The zero-order valence-electron chi connectivity index (χ0n) is 9.49. The van der Waals surface area contributed by atoms with Gasteiger partial charge in [-0.1, -0.05) is 6.07 Å². The smallest absolute Gasteiger partial charge is 0.395 e. The molecule has 2 N–H and O–H groups in total. The summed E-state index contributed by atoms with van der Waals surface area (Å²) in [6.45, 7) is 1.40. The zero-order valence-corrected chi connectivity index (χ0v) is 9.49. The van der Waals surface area contributed by atoms with Crippen molar-refractivity contribution in [3.05, 3.63) is 41.6 Å². The topological polar surface area (TPSA) is 62.2 Å². The van der Waals surface area contributed by atoms with Crippen LogP contribution in [0.25, 0.3) is 0 Å². The van der Waals surface area contributed by atoms with Crippen LogP contribution in [0.5, 0.6) is 0 Å². The predicted octanol–water partition coefficient (Wildman–Crippen LogP) is 3.06. The van der Waals surface area contributed by atoms with Gasteiger partial charge in [0.2, 0.25) is 0 Å². The van der Waals surface area contributed by atoms with Crippen molar-refractivity contribution in [1.29, 1.82) is 5.26 Å². The molecule has 0 spiro atoms. The Morgan fingerprint density at radius 3 is 2.67 bits per heavy atom. The first-order valence-electron chi connectivity index (χ1n) is 4.93. The predicted molar refractivity (Wildman–Crippen MR) is 62.3 cm³/mol. The van der Waals surface area contributed by atoms with E-state index in [0.717, 1.165) is 6.08 Å². The molecule has 0 aliphatic carbocycles. The van der Waals surface area contributed by atoms with Crippen molar-refractivity contribution in [1.82, 2.24) is 0 Å². The van der Waals surface area contributed by atoms with Crippen LogP contribution in [-0.4, -0.2) is 11.9 Å². The van der Waals surface area contributed by atoms with E-state index in [1.54, 1.807) is 18.2 Å². The fourth-order valence-electron chi connectivity index (χ4n) is 1.19. The van der Waals surface area contributed by atoms with E-state index in [-0.39, 0.29) is 5.71 Å². The summed E-state index contributed by atoms with van der Waals surface area (Å²) in [5.74, 6) is 0. The van der Waals surface area contributed by atoms with Crippen molar-refractivity contribution in [2.24, 2.45) is 10.7 Å². The number of hydrogen-bond donors (Lipinski definition) is 1. The summed E-state index contributed by atoms with van der Waals surface area (Å²) in [6.07, 6.45) is -3.82. The van der Waals surface area contributed by atoms with Crippen LogP contribution in [0.2, 0.25) is 0 Å². The maximum Gasteiger partial charge on any atom is 0.430 e. The third kappa shape index (κ3) is 3.94. The fraction of sp³-hybridized carbons (Fsp3) is 0.167. The highest BCUT2D eigenvalue weighted by atomic mass is 19.4. The van der Waals surface area contributed by atoms with Gasteiger partial charge in [0.25, 0.3) is 0 Å². The molecule has 0 unspecified atom stereocenters. The molecular weight excluding hydrogens is 243 g/mol. The third-order valence-corrected chi connectivity index (χ3v) is 1.97. The van der Waals surface area contributed by atoms with E-state index in [4.69, 9.17) is 11.0 Å². The molecule has 1 rings (SSSR count). The molecule has 1 aromatic carbocycles. The van der Waals surface area contributed by atoms with E-state index in [2.05, 4.69) is 4.99 Å². The second-order valence-corrected chi connectivity index (χ2v) is 3.51. The van der Waals surface area contributed by atoms with Gasteiger partial charge in [0.15, 0.2) is 0 Å². The van der Waals surface area contributed by atoms with Gasteiger partial charge in [0, 0.05) is 5.71 Å². The van der Waals surface area contributed by atoms with Gasteiger partial charge in [-0.3, -0.25) is 4.99 Å². The molecule has 18 heavy (non-hydrogen) atoms. The molecule has 6 heteroatoms. The van der Waals surface area contributed by atoms with Gasteiger partial charge < -0.3 is 5.73 Å². The zero-order chi connectivity index (χ0) is 13.8. The summed E-state index contributed by atoms with van der Waals surface area (Å²) < 4.78 is 36.5. The Kier molecular flexibility index (Phi) is 4.10. The molecule has 1 aromatic rings. The van der Waals surface area contributed by atoms with E-state index in [9.17, 15) is 13.2 Å². The lowest BCUT2D eigenvalue weighted by atomic mass is 10.2. The van der Waals surface area contributed by atoms with E-state index in [1.807, 2.05) is 6.07 Å². The molecule has 0 saturated carbocycles. The van der Waals surface area contributed by atoms with Gasteiger partial charge >= 0.3 is 6.18 Å². The lowest BCUT2D eigenvalue weighted by molar-refractivity contribution is -0.0925. The van der Waals surface area contributed by atoms with E-state index < -0.39 is 11.9 Å². The van der Waals surface area contributed by atoms with E-state index in [0.29, 0.717) is 11.3 Å².